The van der Waals surface area contributed by atoms with E-state index in [1.54, 1.807) is 20.8 Å². The molecule has 2 rings (SSSR count). The first kappa shape index (κ1) is 18.4. The van der Waals surface area contributed by atoms with Crippen LogP contribution in [0.3, 0.4) is 0 Å². The molecule has 1 aromatic carbocycles. The van der Waals surface area contributed by atoms with E-state index < -0.39 is 35.5 Å². The van der Waals surface area contributed by atoms with Gasteiger partial charge < -0.3 is 9.84 Å². The molecule has 0 radical (unpaired) electrons. The normalized spacial score (nSPS) is 21.0. The van der Waals surface area contributed by atoms with Crippen LogP contribution in [0.15, 0.2) is 28.7 Å². The van der Waals surface area contributed by atoms with E-state index in [1.165, 1.54) is 0 Å². The summed E-state index contributed by atoms with van der Waals surface area (Å²) >= 11 is 3.34. The van der Waals surface area contributed by atoms with Gasteiger partial charge in [-0.15, -0.1) is 0 Å². The highest BCUT2D eigenvalue weighted by Gasteiger charge is 2.48. The van der Waals surface area contributed by atoms with Crippen LogP contribution >= 0.6 is 15.9 Å². The molecule has 1 fully saturated rings. The molecule has 0 spiro atoms. The minimum absolute atomic E-state index is 0.00622. The number of imide groups is 1. The van der Waals surface area contributed by atoms with E-state index in [0.717, 1.165) is 14.9 Å². The summed E-state index contributed by atoms with van der Waals surface area (Å²) in [5, 5.41) is 9.53. The Labute approximate surface area is 148 Å². The summed E-state index contributed by atoms with van der Waals surface area (Å²) in [7, 11) is 0. The third-order valence-electron chi connectivity index (χ3n) is 3.68. The zero-order valence-electron chi connectivity index (χ0n) is 13.8. The van der Waals surface area contributed by atoms with Crippen molar-refractivity contribution in [3.63, 3.8) is 0 Å². The second-order valence-corrected chi connectivity index (χ2v) is 7.74. The predicted molar refractivity (Wildman–Crippen MR) is 90.5 cm³/mol. The van der Waals surface area contributed by atoms with Crippen molar-refractivity contribution in [1.29, 1.82) is 0 Å². The van der Waals surface area contributed by atoms with Crippen LogP contribution in [-0.2, 0) is 20.7 Å². The van der Waals surface area contributed by atoms with Gasteiger partial charge in [0, 0.05) is 16.8 Å². The van der Waals surface area contributed by atoms with Gasteiger partial charge in [0.1, 0.15) is 11.6 Å². The summed E-state index contributed by atoms with van der Waals surface area (Å²) in [4.78, 5) is 36.9. The van der Waals surface area contributed by atoms with Gasteiger partial charge in [-0.1, -0.05) is 28.1 Å². The van der Waals surface area contributed by atoms with Crippen LogP contribution in [0.1, 0.15) is 32.8 Å². The van der Waals surface area contributed by atoms with Crippen molar-refractivity contribution in [2.45, 2.75) is 45.3 Å². The average Bonchev–Trinajstić information content (AvgIpc) is 2.76. The summed E-state index contributed by atoms with van der Waals surface area (Å²) in [6, 6.07) is 6.23. The number of benzene rings is 1. The van der Waals surface area contributed by atoms with Gasteiger partial charge in [0.05, 0.1) is 0 Å². The molecule has 24 heavy (non-hydrogen) atoms. The largest absolute Gasteiger partial charge is 0.480 e. The molecule has 1 heterocycles. The third kappa shape index (κ3) is 4.35. The summed E-state index contributed by atoms with van der Waals surface area (Å²) in [6.45, 7) is 5.00. The molecular weight excluding hydrogens is 378 g/mol. The Morgan fingerprint density at radius 2 is 1.88 bits per heavy atom. The number of carbonyl (C=O) groups is 3. The lowest BCUT2D eigenvalue weighted by Crippen LogP contribution is -2.47. The molecule has 6 nitrogen and oxygen atoms in total. The Bertz CT molecular complexity index is 650. The van der Waals surface area contributed by atoms with Crippen LogP contribution in [0.4, 0.5) is 4.79 Å². The van der Waals surface area contributed by atoms with E-state index in [0.29, 0.717) is 6.42 Å². The molecule has 0 saturated carbocycles. The molecule has 0 aliphatic carbocycles. The lowest BCUT2D eigenvalue weighted by atomic mass is 9.92. The molecule has 0 bridgehead atoms. The molecule has 7 heteroatoms. The second-order valence-electron chi connectivity index (χ2n) is 6.82. The highest BCUT2D eigenvalue weighted by Crippen LogP contribution is 2.31. The maximum atomic E-state index is 12.2. The van der Waals surface area contributed by atoms with Gasteiger partial charge in [-0.3, -0.25) is 4.79 Å². The molecule has 1 aliphatic rings. The van der Waals surface area contributed by atoms with Gasteiger partial charge in [0.15, 0.2) is 0 Å². The van der Waals surface area contributed by atoms with Crippen molar-refractivity contribution in [2.75, 3.05) is 0 Å². The quantitative estimate of drug-likeness (QED) is 0.845. The SMILES string of the molecule is CC(C)(C)OC(=O)N1C(=O)C[C@@H](Cc2ccc(Br)cc2)C1C(=O)O. The molecule has 1 unspecified atom stereocenters. The van der Waals surface area contributed by atoms with Crippen LogP contribution in [0.5, 0.6) is 0 Å². The van der Waals surface area contributed by atoms with Crippen molar-refractivity contribution in [3.05, 3.63) is 34.3 Å². The fourth-order valence-corrected chi connectivity index (χ4v) is 3.01. The van der Waals surface area contributed by atoms with Crippen LogP contribution in [0, 0.1) is 5.92 Å². The Kier molecular flexibility index (Phi) is 5.32. The van der Waals surface area contributed by atoms with Gasteiger partial charge in [-0.05, 0) is 44.9 Å². The topological polar surface area (TPSA) is 83.9 Å². The first-order valence-electron chi connectivity index (χ1n) is 7.61. The summed E-state index contributed by atoms with van der Waals surface area (Å²) in [5.41, 5.74) is 0.109. The fraction of sp³-hybridized carbons (Fsp3) is 0.471. The summed E-state index contributed by atoms with van der Waals surface area (Å²) in [6.07, 6.45) is -0.500. The van der Waals surface area contributed by atoms with Gasteiger partial charge in [0.25, 0.3) is 0 Å². The second kappa shape index (κ2) is 6.93. The van der Waals surface area contributed by atoms with E-state index in [4.69, 9.17) is 4.74 Å². The number of hydrogen-bond acceptors (Lipinski definition) is 4. The zero-order valence-corrected chi connectivity index (χ0v) is 15.4. The van der Waals surface area contributed by atoms with E-state index in [9.17, 15) is 19.5 Å². The van der Waals surface area contributed by atoms with Crippen molar-refractivity contribution >= 4 is 33.9 Å². The molecule has 1 N–H and O–H groups in total. The van der Waals surface area contributed by atoms with Crippen LogP contribution in [0.2, 0.25) is 0 Å². The van der Waals surface area contributed by atoms with E-state index in [-0.39, 0.29) is 6.42 Å². The standard InChI is InChI=1S/C17H20BrNO5/c1-17(2,3)24-16(23)19-13(20)9-11(14(19)15(21)22)8-10-4-6-12(18)7-5-10/h4-7,11,14H,8-9H2,1-3H3,(H,21,22)/t11-,14?/m1/s1. The van der Waals surface area contributed by atoms with Crippen molar-refractivity contribution in [3.8, 4) is 0 Å². The molecule has 1 aromatic rings. The first-order chi connectivity index (χ1) is 11.1. The van der Waals surface area contributed by atoms with Crippen LogP contribution in [-0.4, -0.2) is 39.6 Å². The molecule has 130 valence electrons. The number of carbonyl (C=O) groups excluding carboxylic acids is 2. The lowest BCUT2D eigenvalue weighted by Gasteiger charge is -2.27. The number of carboxylic acid groups (broad SMARTS) is 1. The highest BCUT2D eigenvalue weighted by molar-refractivity contribution is 9.10. The van der Waals surface area contributed by atoms with Gasteiger partial charge in [-0.25, -0.2) is 14.5 Å². The first-order valence-corrected chi connectivity index (χ1v) is 8.40. The minimum atomic E-state index is -1.21. The smallest absolute Gasteiger partial charge is 0.417 e. The van der Waals surface area contributed by atoms with E-state index in [1.807, 2.05) is 24.3 Å². The van der Waals surface area contributed by atoms with Crippen LogP contribution in [0.25, 0.3) is 0 Å². The number of hydrogen-bond donors (Lipinski definition) is 1. The molecule has 1 aliphatic heterocycles. The Morgan fingerprint density at radius 3 is 2.38 bits per heavy atom. The third-order valence-corrected chi connectivity index (χ3v) is 4.21. The van der Waals surface area contributed by atoms with Gasteiger partial charge in [0.2, 0.25) is 5.91 Å². The van der Waals surface area contributed by atoms with Gasteiger partial charge >= 0.3 is 12.1 Å². The van der Waals surface area contributed by atoms with Crippen molar-refractivity contribution < 1.29 is 24.2 Å². The van der Waals surface area contributed by atoms with E-state index in [2.05, 4.69) is 15.9 Å². The number of nitrogens with zero attached hydrogens (tertiary/aromatic N) is 1. The van der Waals surface area contributed by atoms with Gasteiger partial charge in [-0.2, -0.15) is 0 Å². The summed E-state index contributed by atoms with van der Waals surface area (Å²) < 4.78 is 6.10. The Balaban J connectivity index is 2.21. The predicted octanol–water partition coefficient (Wildman–Crippen LogP) is 3.23. The highest BCUT2D eigenvalue weighted by atomic mass is 79.9. The Morgan fingerprint density at radius 1 is 1.29 bits per heavy atom. The minimum Gasteiger partial charge on any atom is -0.480 e. The average molecular weight is 398 g/mol. The maximum absolute atomic E-state index is 12.2. The number of likely N-dealkylation sites (tertiary alicyclic amines) is 1. The molecule has 2 amide bonds. The number of carboxylic acids is 1. The van der Waals surface area contributed by atoms with E-state index >= 15 is 0 Å². The molecule has 0 aromatic heterocycles. The zero-order chi connectivity index (χ0) is 18.1. The monoisotopic (exact) mass is 397 g/mol. The molecule has 2 atom stereocenters. The van der Waals surface area contributed by atoms with Crippen molar-refractivity contribution in [2.24, 2.45) is 5.92 Å². The number of rotatable bonds is 3. The van der Waals surface area contributed by atoms with Crippen LogP contribution < -0.4 is 0 Å². The fourth-order valence-electron chi connectivity index (χ4n) is 2.75. The lowest BCUT2D eigenvalue weighted by molar-refractivity contribution is -0.146. The number of aliphatic carboxylic acids is 1. The summed E-state index contributed by atoms with van der Waals surface area (Å²) in [5.74, 6) is -2.20. The number of halogens is 1. The number of ether oxygens (including phenoxy) is 1. The number of amides is 2. The Hall–Kier alpha value is -1.89. The molecule has 1 saturated heterocycles. The maximum Gasteiger partial charge on any atom is 0.417 e. The molecular formula is C17H20BrNO5. The van der Waals surface area contributed by atoms with Crippen molar-refractivity contribution in [1.82, 2.24) is 4.90 Å².